The van der Waals surface area contributed by atoms with Crippen LogP contribution in [0.1, 0.15) is 20.3 Å². The van der Waals surface area contributed by atoms with Gasteiger partial charge in [0, 0.05) is 13.5 Å². The molecule has 98 valence electrons. The number of para-hydroxylation sites is 2. The number of piperidine rings is 1. The maximum Gasteiger partial charge on any atom is 0.329 e. The molecule has 0 aliphatic carbocycles. The van der Waals surface area contributed by atoms with Gasteiger partial charge in [-0.05, 0) is 18.5 Å². The maximum absolute atomic E-state index is 12.3. The van der Waals surface area contributed by atoms with Gasteiger partial charge in [0.25, 0.3) is 0 Å². The summed E-state index contributed by atoms with van der Waals surface area (Å²) in [6.45, 7) is 0. The van der Waals surface area contributed by atoms with Crippen LogP contribution < -0.4 is 11.0 Å². The van der Waals surface area contributed by atoms with Crippen molar-refractivity contribution in [1.29, 1.82) is 0 Å². The van der Waals surface area contributed by atoms with E-state index in [1.807, 2.05) is 0 Å². The van der Waals surface area contributed by atoms with Crippen molar-refractivity contribution in [3.8, 4) is 0 Å². The first kappa shape index (κ1) is 10.5. The van der Waals surface area contributed by atoms with Gasteiger partial charge in [-0.3, -0.25) is 24.0 Å². The summed E-state index contributed by atoms with van der Waals surface area (Å²) in [4.78, 5) is 35.5. The van der Waals surface area contributed by atoms with Crippen LogP contribution in [0.3, 0.4) is 0 Å². The van der Waals surface area contributed by atoms with Crippen molar-refractivity contribution in [3.05, 3.63) is 34.7 Å². The van der Waals surface area contributed by atoms with E-state index in [-0.39, 0.29) is 24.1 Å². The fraction of sp³-hybridized carbons (Fsp3) is 0.308. The molecule has 19 heavy (non-hydrogen) atoms. The molecule has 1 saturated heterocycles. The summed E-state index contributed by atoms with van der Waals surface area (Å²) >= 11 is 0. The molecule has 0 bridgehead atoms. The van der Waals surface area contributed by atoms with Crippen LogP contribution in [0.15, 0.2) is 29.0 Å². The average Bonchev–Trinajstić information content (AvgIpc) is 2.64. The van der Waals surface area contributed by atoms with Crippen molar-refractivity contribution in [3.63, 3.8) is 0 Å². The predicted octanol–water partition coefficient (Wildman–Crippen LogP) is 0.318. The number of amides is 2. The van der Waals surface area contributed by atoms with Crippen molar-refractivity contribution in [2.75, 3.05) is 0 Å². The number of benzene rings is 1. The van der Waals surface area contributed by atoms with Gasteiger partial charge in [-0.2, -0.15) is 0 Å². The average molecular weight is 260 g/mol. The molecule has 0 saturated carbocycles. The lowest BCUT2D eigenvalue weighted by Crippen LogP contribution is -2.44. The number of aryl methyl sites for hydroxylation is 1. The minimum absolute atomic E-state index is 0.208. The number of imidazole rings is 1. The van der Waals surface area contributed by atoms with Gasteiger partial charge < -0.3 is 0 Å². The minimum atomic E-state index is -0.703. The van der Waals surface area contributed by atoms with Gasteiger partial charge >= 0.3 is 5.69 Å². The van der Waals surface area contributed by atoms with Crippen LogP contribution in [0.4, 0.5) is 0 Å². The highest BCUT2D eigenvalue weighted by molar-refractivity contribution is 6.00. The Labute approximate surface area is 110 Å². The van der Waals surface area contributed by atoms with E-state index in [0.717, 1.165) is 0 Å². The Morgan fingerprint density at radius 2 is 2.11 bits per heavy atom. The molecule has 2 heterocycles. The maximum atomic E-state index is 12.3. The summed E-state index contributed by atoms with van der Waals surface area (Å²) in [6, 6.07) is 4.50. The Balaban J connectivity index is 2.25. The van der Waals surface area contributed by atoms with Gasteiger partial charge in [-0.25, -0.2) is 4.79 Å². The monoisotopic (exact) mass is 260 g/mol. The number of hydrogen-bond acceptors (Lipinski definition) is 3. The van der Waals surface area contributed by atoms with Gasteiger partial charge in [0.2, 0.25) is 11.8 Å². The molecule has 0 unspecified atom stereocenters. The first-order valence-electron chi connectivity index (χ1n) is 6.51. The van der Waals surface area contributed by atoms with Crippen molar-refractivity contribution in [2.24, 2.45) is 7.05 Å². The zero-order chi connectivity index (χ0) is 14.4. The molecule has 1 fully saturated rings. The second-order valence-corrected chi connectivity index (χ2v) is 4.58. The molecule has 0 spiro atoms. The quantitative estimate of drug-likeness (QED) is 0.750. The molecule has 1 aromatic carbocycles. The minimum Gasteiger partial charge on any atom is -0.295 e. The fourth-order valence-corrected chi connectivity index (χ4v) is 2.47. The summed E-state index contributed by atoms with van der Waals surface area (Å²) in [7, 11) is 1.57. The van der Waals surface area contributed by atoms with E-state index in [1.54, 1.807) is 25.2 Å². The lowest BCUT2D eigenvalue weighted by atomic mass is 10.1. The van der Waals surface area contributed by atoms with Gasteiger partial charge in [-0.15, -0.1) is 0 Å². The van der Waals surface area contributed by atoms with E-state index in [0.29, 0.717) is 17.5 Å². The number of fused-ring (bicyclic) bond motifs is 1. The second kappa shape index (κ2) is 4.08. The first-order chi connectivity index (χ1) is 9.50. The second-order valence-electron chi connectivity index (χ2n) is 4.58. The van der Waals surface area contributed by atoms with Crippen LogP contribution in [0, 0.1) is 0 Å². The molecule has 1 aromatic heterocycles. The first-order valence-corrected chi connectivity index (χ1v) is 6.01. The Morgan fingerprint density at radius 1 is 1.32 bits per heavy atom. The van der Waals surface area contributed by atoms with Crippen LogP contribution in [0.5, 0.6) is 0 Å². The zero-order valence-electron chi connectivity index (χ0n) is 11.3. The highest BCUT2D eigenvalue weighted by Gasteiger charge is 2.30. The summed E-state index contributed by atoms with van der Waals surface area (Å²) in [5.41, 5.74) is 0.677. The molecule has 1 aliphatic rings. The van der Waals surface area contributed by atoms with Crippen LogP contribution in [0.25, 0.3) is 11.0 Å². The SMILES string of the molecule is [2H]c1cccc2c1n(C)c(=O)n2[C@H]1CCC(=O)NC1=O. The van der Waals surface area contributed by atoms with Crippen LogP contribution >= 0.6 is 0 Å². The van der Waals surface area contributed by atoms with Crippen molar-refractivity contribution >= 4 is 22.8 Å². The third-order valence-electron chi connectivity index (χ3n) is 3.42. The lowest BCUT2D eigenvalue weighted by Gasteiger charge is -2.21. The van der Waals surface area contributed by atoms with Crippen molar-refractivity contribution in [1.82, 2.24) is 14.5 Å². The standard InChI is InChI=1S/C13H13N3O3/c1-15-8-4-2-3-5-9(8)16(13(15)19)10-6-7-11(17)14-12(10)18/h2-5,10H,6-7H2,1H3,(H,14,17,18)/t10-/m0/s1/i4D. The van der Waals surface area contributed by atoms with Gasteiger partial charge in [0.05, 0.1) is 12.4 Å². The molecule has 3 rings (SSSR count). The Morgan fingerprint density at radius 3 is 2.84 bits per heavy atom. The number of imide groups is 1. The van der Waals surface area contributed by atoms with E-state index in [1.165, 1.54) is 9.13 Å². The largest absolute Gasteiger partial charge is 0.329 e. The molecule has 2 amide bonds. The van der Waals surface area contributed by atoms with Crippen molar-refractivity contribution < 1.29 is 11.0 Å². The smallest absolute Gasteiger partial charge is 0.295 e. The molecule has 6 heteroatoms. The fourth-order valence-electron chi connectivity index (χ4n) is 2.47. The van der Waals surface area contributed by atoms with Gasteiger partial charge in [0.1, 0.15) is 6.04 Å². The predicted molar refractivity (Wildman–Crippen MR) is 68.6 cm³/mol. The number of carbonyl (C=O) groups excluding carboxylic acids is 2. The lowest BCUT2D eigenvalue weighted by molar-refractivity contribution is -0.135. The topological polar surface area (TPSA) is 73.1 Å². The van der Waals surface area contributed by atoms with Crippen LogP contribution in [-0.4, -0.2) is 20.9 Å². The third-order valence-corrected chi connectivity index (χ3v) is 3.42. The molecule has 1 N–H and O–H groups in total. The molecule has 1 aliphatic heterocycles. The van der Waals surface area contributed by atoms with Gasteiger partial charge in [-0.1, -0.05) is 12.1 Å². The molecule has 6 nitrogen and oxygen atoms in total. The normalized spacial score (nSPS) is 20.5. The molecule has 1 atom stereocenters. The Kier molecular flexibility index (Phi) is 2.26. The van der Waals surface area contributed by atoms with Crippen molar-refractivity contribution in [2.45, 2.75) is 18.9 Å². The van der Waals surface area contributed by atoms with E-state index in [4.69, 9.17) is 1.37 Å². The number of nitrogens with one attached hydrogen (secondary N) is 1. The zero-order valence-corrected chi connectivity index (χ0v) is 10.3. The number of rotatable bonds is 1. The number of carbonyl (C=O) groups is 2. The highest BCUT2D eigenvalue weighted by atomic mass is 16.2. The summed E-state index contributed by atoms with van der Waals surface area (Å²) in [6.07, 6.45) is 0.506. The summed E-state index contributed by atoms with van der Waals surface area (Å²) < 4.78 is 10.6. The third kappa shape index (κ3) is 1.68. The molecular weight excluding hydrogens is 246 g/mol. The van der Waals surface area contributed by atoms with E-state index in [2.05, 4.69) is 5.32 Å². The molecular formula is C13H13N3O3. The summed E-state index contributed by atoms with van der Waals surface area (Å²) in [5.74, 6) is -0.785. The number of nitrogens with zero attached hydrogens (tertiary/aromatic N) is 2. The molecule has 0 radical (unpaired) electrons. The Hall–Kier alpha value is -2.37. The number of aromatic nitrogens is 2. The van der Waals surface area contributed by atoms with E-state index < -0.39 is 11.9 Å². The Bertz CT molecular complexity index is 790. The van der Waals surface area contributed by atoms with Crippen LogP contribution in [-0.2, 0) is 16.6 Å². The van der Waals surface area contributed by atoms with E-state index in [9.17, 15) is 14.4 Å². The highest BCUT2D eigenvalue weighted by Crippen LogP contribution is 2.22. The molecule has 2 aromatic rings. The van der Waals surface area contributed by atoms with Crippen LogP contribution in [0.2, 0.25) is 0 Å². The van der Waals surface area contributed by atoms with E-state index >= 15 is 0 Å². The van der Waals surface area contributed by atoms with Gasteiger partial charge in [0.15, 0.2) is 0 Å². The number of hydrogen-bond donors (Lipinski definition) is 1. The summed E-state index contributed by atoms with van der Waals surface area (Å²) in [5, 5.41) is 2.25.